The molecule has 0 saturated heterocycles. The van der Waals surface area contributed by atoms with Crippen molar-refractivity contribution in [3.05, 3.63) is 70.1 Å². The average Bonchev–Trinajstić information content (AvgIpc) is 3.08. The highest BCUT2D eigenvalue weighted by Gasteiger charge is 2.09. The van der Waals surface area contributed by atoms with E-state index in [1.165, 1.54) is 12.1 Å². The van der Waals surface area contributed by atoms with E-state index in [1.807, 2.05) is 49.6 Å². The molecule has 1 aromatic heterocycles. The van der Waals surface area contributed by atoms with Crippen molar-refractivity contribution in [2.75, 3.05) is 0 Å². The zero-order valence-corrected chi connectivity index (χ0v) is 13.2. The Balaban J connectivity index is 0.000000847. The Morgan fingerprint density at radius 3 is 2.18 bits per heavy atom. The third kappa shape index (κ3) is 3.56. The number of thiazole rings is 1. The minimum Gasteiger partial charge on any atom is -0.258 e. The molecule has 1 heterocycles. The lowest BCUT2D eigenvalue weighted by Crippen LogP contribution is -1.87. The molecule has 0 bridgehead atoms. The highest BCUT2D eigenvalue weighted by atomic mass is 32.1. The zero-order valence-electron chi connectivity index (χ0n) is 12.4. The lowest BCUT2D eigenvalue weighted by atomic mass is 10.1. The molecule has 2 aromatic carbocycles. The third-order valence-electron chi connectivity index (χ3n) is 2.90. The fourth-order valence-electron chi connectivity index (χ4n) is 1.87. The Bertz CT molecular complexity index is 737. The molecule has 0 atom stereocenters. The van der Waals surface area contributed by atoms with Crippen LogP contribution in [0, 0.1) is 10.1 Å². The lowest BCUT2D eigenvalue weighted by Gasteiger charge is -1.97. The predicted octanol–water partition coefficient (Wildman–Crippen LogP) is 5.41. The van der Waals surface area contributed by atoms with Crippen LogP contribution in [0.5, 0.6) is 0 Å². The van der Waals surface area contributed by atoms with E-state index in [2.05, 4.69) is 4.98 Å². The first-order valence-electron chi connectivity index (χ1n) is 7.00. The van der Waals surface area contributed by atoms with Crippen molar-refractivity contribution in [3.63, 3.8) is 0 Å². The third-order valence-corrected chi connectivity index (χ3v) is 3.79. The summed E-state index contributed by atoms with van der Waals surface area (Å²) in [7, 11) is 0. The number of rotatable bonds is 3. The van der Waals surface area contributed by atoms with Gasteiger partial charge in [0.15, 0.2) is 0 Å². The van der Waals surface area contributed by atoms with E-state index >= 15 is 0 Å². The molecule has 0 saturated carbocycles. The van der Waals surface area contributed by atoms with Gasteiger partial charge in [-0.05, 0) is 12.1 Å². The molecular formula is C17H16N2O2S. The Kier molecular flexibility index (Phi) is 5.38. The van der Waals surface area contributed by atoms with Crippen LogP contribution in [-0.2, 0) is 0 Å². The second-order valence-corrected chi connectivity index (χ2v) is 5.07. The minimum atomic E-state index is -0.403. The van der Waals surface area contributed by atoms with Crippen molar-refractivity contribution >= 4 is 17.0 Å². The summed E-state index contributed by atoms with van der Waals surface area (Å²) < 4.78 is 0. The Labute approximate surface area is 133 Å². The Hall–Kier alpha value is -2.53. The summed E-state index contributed by atoms with van der Waals surface area (Å²) in [5.74, 6) is 0. The molecule has 0 fully saturated rings. The first kappa shape index (κ1) is 15.9. The van der Waals surface area contributed by atoms with Gasteiger partial charge >= 0.3 is 0 Å². The number of benzene rings is 2. The van der Waals surface area contributed by atoms with Crippen LogP contribution in [0.2, 0.25) is 0 Å². The maximum Gasteiger partial charge on any atom is 0.269 e. The smallest absolute Gasteiger partial charge is 0.258 e. The van der Waals surface area contributed by atoms with Crippen molar-refractivity contribution in [2.24, 2.45) is 0 Å². The molecule has 0 unspecified atom stereocenters. The van der Waals surface area contributed by atoms with E-state index in [-0.39, 0.29) is 5.69 Å². The number of non-ortho nitro benzene ring substituents is 1. The molecule has 0 spiro atoms. The van der Waals surface area contributed by atoms with E-state index in [0.29, 0.717) is 0 Å². The van der Waals surface area contributed by atoms with Gasteiger partial charge in [0.1, 0.15) is 5.01 Å². The summed E-state index contributed by atoms with van der Waals surface area (Å²) in [4.78, 5) is 14.8. The number of nitrogens with zero attached hydrogens (tertiary/aromatic N) is 2. The van der Waals surface area contributed by atoms with Crippen LogP contribution in [0.3, 0.4) is 0 Å². The van der Waals surface area contributed by atoms with Gasteiger partial charge in [0.2, 0.25) is 0 Å². The molecule has 0 amide bonds. The largest absolute Gasteiger partial charge is 0.269 e. The van der Waals surface area contributed by atoms with Crippen molar-refractivity contribution in [2.45, 2.75) is 13.8 Å². The van der Waals surface area contributed by atoms with E-state index < -0.39 is 4.92 Å². The minimum absolute atomic E-state index is 0.0901. The fourth-order valence-corrected chi connectivity index (χ4v) is 2.71. The van der Waals surface area contributed by atoms with Gasteiger partial charge in [-0.25, -0.2) is 4.98 Å². The molecule has 4 nitrogen and oxygen atoms in total. The van der Waals surface area contributed by atoms with Gasteiger partial charge in [-0.15, -0.1) is 11.3 Å². The summed E-state index contributed by atoms with van der Waals surface area (Å²) in [5.41, 5.74) is 2.88. The van der Waals surface area contributed by atoms with Gasteiger partial charge in [-0.2, -0.15) is 0 Å². The molecule has 0 N–H and O–H groups in total. The SMILES string of the molecule is CC.O=[N+]([O-])c1ccc(-c2csc(-c3ccccc3)n2)cc1. The van der Waals surface area contributed by atoms with Crippen LogP contribution >= 0.6 is 11.3 Å². The number of hydrogen-bond donors (Lipinski definition) is 0. The summed E-state index contributed by atoms with van der Waals surface area (Å²) >= 11 is 1.56. The summed E-state index contributed by atoms with van der Waals surface area (Å²) in [5, 5.41) is 13.5. The van der Waals surface area contributed by atoms with E-state index in [1.54, 1.807) is 23.5 Å². The van der Waals surface area contributed by atoms with Gasteiger partial charge in [-0.1, -0.05) is 44.2 Å². The number of hydrogen-bond acceptors (Lipinski definition) is 4. The molecule has 5 heteroatoms. The highest BCUT2D eigenvalue weighted by Crippen LogP contribution is 2.29. The van der Waals surface area contributed by atoms with Gasteiger partial charge in [0.25, 0.3) is 5.69 Å². The molecule has 0 radical (unpaired) electrons. The first-order valence-corrected chi connectivity index (χ1v) is 7.88. The van der Waals surface area contributed by atoms with Crippen LogP contribution in [0.15, 0.2) is 60.0 Å². The van der Waals surface area contributed by atoms with E-state index in [0.717, 1.165) is 21.8 Å². The van der Waals surface area contributed by atoms with Crippen LogP contribution in [-0.4, -0.2) is 9.91 Å². The second kappa shape index (κ2) is 7.47. The lowest BCUT2D eigenvalue weighted by molar-refractivity contribution is -0.384. The van der Waals surface area contributed by atoms with Crippen molar-refractivity contribution in [1.82, 2.24) is 4.98 Å². The van der Waals surface area contributed by atoms with Crippen LogP contribution < -0.4 is 0 Å². The van der Waals surface area contributed by atoms with Gasteiger partial charge in [0.05, 0.1) is 10.6 Å². The first-order chi connectivity index (χ1) is 10.7. The normalized spacial score (nSPS) is 9.73. The molecule has 3 aromatic rings. The molecule has 3 rings (SSSR count). The van der Waals surface area contributed by atoms with Gasteiger partial charge in [-0.3, -0.25) is 10.1 Å². The zero-order chi connectivity index (χ0) is 15.9. The number of nitro groups is 1. The standard InChI is InChI=1S/C15H10N2O2S.C2H6/c18-17(19)13-8-6-11(7-9-13)14-10-20-15(16-14)12-4-2-1-3-5-12;1-2/h1-10H;1-2H3. The monoisotopic (exact) mass is 312 g/mol. The highest BCUT2D eigenvalue weighted by molar-refractivity contribution is 7.13. The number of aromatic nitrogens is 1. The van der Waals surface area contributed by atoms with Crippen molar-refractivity contribution in [3.8, 4) is 21.8 Å². The quantitative estimate of drug-likeness (QED) is 0.480. The fraction of sp³-hybridized carbons (Fsp3) is 0.118. The topological polar surface area (TPSA) is 56.0 Å². The Morgan fingerprint density at radius 2 is 1.59 bits per heavy atom. The van der Waals surface area contributed by atoms with E-state index in [4.69, 9.17) is 0 Å². The predicted molar refractivity (Wildman–Crippen MR) is 91.0 cm³/mol. The van der Waals surface area contributed by atoms with Crippen molar-refractivity contribution in [1.29, 1.82) is 0 Å². The molecule has 0 aliphatic carbocycles. The second-order valence-electron chi connectivity index (χ2n) is 4.21. The maximum atomic E-state index is 10.6. The molecule has 0 aliphatic rings. The molecule has 0 aliphatic heterocycles. The van der Waals surface area contributed by atoms with Crippen LogP contribution in [0.25, 0.3) is 21.8 Å². The molecule has 22 heavy (non-hydrogen) atoms. The molecule has 112 valence electrons. The Morgan fingerprint density at radius 1 is 0.955 bits per heavy atom. The summed E-state index contributed by atoms with van der Waals surface area (Å²) in [6.45, 7) is 4.00. The summed E-state index contributed by atoms with van der Waals surface area (Å²) in [6.07, 6.45) is 0. The van der Waals surface area contributed by atoms with Crippen LogP contribution in [0.1, 0.15) is 13.8 Å². The maximum absolute atomic E-state index is 10.6. The summed E-state index contributed by atoms with van der Waals surface area (Å²) in [6, 6.07) is 16.4. The van der Waals surface area contributed by atoms with Gasteiger partial charge < -0.3 is 0 Å². The van der Waals surface area contributed by atoms with Gasteiger partial charge in [0, 0.05) is 28.6 Å². The number of nitro benzene ring substituents is 1. The van der Waals surface area contributed by atoms with Crippen molar-refractivity contribution < 1.29 is 4.92 Å². The van der Waals surface area contributed by atoms with Crippen LogP contribution in [0.4, 0.5) is 5.69 Å². The molecular weight excluding hydrogens is 296 g/mol. The van der Waals surface area contributed by atoms with E-state index in [9.17, 15) is 10.1 Å². The average molecular weight is 312 g/mol.